The molecule has 6 nitrogen and oxygen atoms in total. The molecule has 0 spiro atoms. The molecule has 7 heteroatoms. The number of hydrogen-bond acceptors (Lipinski definition) is 6. The summed E-state index contributed by atoms with van der Waals surface area (Å²) >= 11 is 5.93. The third-order valence-electron chi connectivity index (χ3n) is 4.60. The van der Waals surface area contributed by atoms with Crippen molar-refractivity contribution in [2.45, 2.75) is 25.8 Å². The van der Waals surface area contributed by atoms with Crippen molar-refractivity contribution < 1.29 is 14.1 Å². The van der Waals surface area contributed by atoms with E-state index in [1.807, 2.05) is 0 Å². The zero-order chi connectivity index (χ0) is 17.8. The second-order valence-corrected chi connectivity index (χ2v) is 6.48. The van der Waals surface area contributed by atoms with E-state index in [1.165, 1.54) is 13.5 Å². The molecule has 1 atom stereocenters. The lowest BCUT2D eigenvalue weighted by Gasteiger charge is -2.22. The van der Waals surface area contributed by atoms with E-state index >= 15 is 0 Å². The highest BCUT2D eigenvalue weighted by Crippen LogP contribution is 2.30. The Kier molecular flexibility index (Phi) is 5.60. The van der Waals surface area contributed by atoms with Crippen molar-refractivity contribution in [3.63, 3.8) is 0 Å². The fraction of sp³-hybridized carbons (Fsp3) is 0.444. The number of carbonyl (C=O) groups is 1. The average Bonchev–Trinajstić information content (AvgIpc) is 3.26. The van der Waals surface area contributed by atoms with E-state index in [0.717, 1.165) is 25.1 Å². The van der Waals surface area contributed by atoms with Gasteiger partial charge < -0.3 is 14.6 Å². The first-order chi connectivity index (χ1) is 12.1. The maximum atomic E-state index is 12.3. The van der Waals surface area contributed by atoms with E-state index < -0.39 is 5.97 Å². The zero-order valence-electron chi connectivity index (χ0n) is 14.4. The van der Waals surface area contributed by atoms with Gasteiger partial charge in [0.05, 0.1) is 7.11 Å². The maximum Gasteiger partial charge on any atom is 0.345 e. The van der Waals surface area contributed by atoms with Crippen LogP contribution in [0.25, 0.3) is 11.3 Å². The molecule has 1 fully saturated rings. The molecule has 0 unspecified atom stereocenters. The number of carbonyl (C=O) groups excluding carboxylic acids is 1. The number of esters is 1. The summed E-state index contributed by atoms with van der Waals surface area (Å²) in [5.41, 5.74) is 1.51. The van der Waals surface area contributed by atoms with E-state index in [9.17, 15) is 4.79 Å². The second-order valence-electron chi connectivity index (χ2n) is 6.04. The quantitative estimate of drug-likeness (QED) is 0.790. The zero-order valence-corrected chi connectivity index (χ0v) is 15.2. The van der Waals surface area contributed by atoms with Crippen molar-refractivity contribution in [1.82, 2.24) is 10.1 Å². The predicted molar refractivity (Wildman–Crippen MR) is 97.0 cm³/mol. The van der Waals surface area contributed by atoms with Gasteiger partial charge in [-0.05, 0) is 38.1 Å². The molecule has 0 aliphatic carbocycles. The van der Waals surface area contributed by atoms with Gasteiger partial charge in [-0.1, -0.05) is 35.8 Å². The summed E-state index contributed by atoms with van der Waals surface area (Å²) in [6.07, 6.45) is 2.32. The highest BCUT2D eigenvalue weighted by atomic mass is 35.5. The van der Waals surface area contributed by atoms with E-state index in [-0.39, 0.29) is 0 Å². The Morgan fingerprint density at radius 3 is 2.88 bits per heavy atom. The minimum absolute atomic E-state index is 0.311. The summed E-state index contributed by atoms with van der Waals surface area (Å²) in [5, 5.41) is 7.93. The Morgan fingerprint density at radius 2 is 2.20 bits per heavy atom. The largest absolute Gasteiger partial charge is 0.465 e. The topological polar surface area (TPSA) is 67.6 Å². The monoisotopic (exact) mass is 363 g/mol. The van der Waals surface area contributed by atoms with Crippen LogP contribution >= 0.6 is 11.6 Å². The van der Waals surface area contributed by atoms with Gasteiger partial charge in [-0.2, -0.15) is 0 Å². The number of likely N-dealkylation sites (N-methyl/N-ethyl adjacent to an activating group) is 1. The first-order valence-corrected chi connectivity index (χ1v) is 8.83. The third-order valence-corrected chi connectivity index (χ3v) is 4.85. The van der Waals surface area contributed by atoms with Crippen molar-refractivity contribution in [1.29, 1.82) is 0 Å². The molecule has 0 radical (unpaired) electrons. The van der Waals surface area contributed by atoms with Gasteiger partial charge in [0.1, 0.15) is 5.69 Å². The van der Waals surface area contributed by atoms with E-state index in [4.69, 9.17) is 20.9 Å². The molecular formula is C18H22ClN3O3. The minimum Gasteiger partial charge on any atom is -0.465 e. The van der Waals surface area contributed by atoms with Gasteiger partial charge in [-0.25, -0.2) is 4.79 Å². The fourth-order valence-electron chi connectivity index (χ4n) is 3.26. The molecule has 134 valence electrons. The molecule has 1 N–H and O–H groups in total. The number of hydrogen-bond donors (Lipinski definition) is 1. The maximum absolute atomic E-state index is 12.3. The standard InChI is InChI=1S/C18H22ClN3O3/c1-3-22-10-4-5-14(22)11-20-17-15(18(23)24-2)16(21-25-17)12-6-8-13(19)9-7-12/h6-9,14,20H,3-5,10-11H2,1-2H3/t14-/m0/s1. The van der Waals surface area contributed by atoms with Crippen LogP contribution in [0.3, 0.4) is 0 Å². The first-order valence-electron chi connectivity index (χ1n) is 8.45. The van der Waals surface area contributed by atoms with Crippen LogP contribution in [-0.4, -0.2) is 48.8 Å². The van der Waals surface area contributed by atoms with Gasteiger partial charge >= 0.3 is 5.97 Å². The molecular weight excluding hydrogens is 342 g/mol. The van der Waals surface area contributed by atoms with Crippen LogP contribution < -0.4 is 5.32 Å². The summed E-state index contributed by atoms with van der Waals surface area (Å²) in [6, 6.07) is 7.52. The van der Waals surface area contributed by atoms with Crippen LogP contribution in [0.1, 0.15) is 30.1 Å². The average molecular weight is 364 g/mol. The fourth-order valence-corrected chi connectivity index (χ4v) is 3.39. The summed E-state index contributed by atoms with van der Waals surface area (Å²) in [4.78, 5) is 14.7. The van der Waals surface area contributed by atoms with Gasteiger partial charge in [0.15, 0.2) is 5.56 Å². The van der Waals surface area contributed by atoms with Gasteiger partial charge in [-0.3, -0.25) is 4.90 Å². The Labute approximate surface area is 152 Å². The number of halogens is 1. The Bertz CT molecular complexity index is 730. The molecule has 1 aliphatic heterocycles. The number of likely N-dealkylation sites (tertiary alicyclic amines) is 1. The van der Waals surface area contributed by atoms with Gasteiger partial charge in [0, 0.05) is 23.2 Å². The summed E-state index contributed by atoms with van der Waals surface area (Å²) < 4.78 is 10.3. The van der Waals surface area contributed by atoms with E-state index in [2.05, 4.69) is 22.3 Å². The lowest BCUT2D eigenvalue weighted by Crippen LogP contribution is -2.34. The first kappa shape index (κ1) is 17.8. The minimum atomic E-state index is -0.479. The van der Waals surface area contributed by atoms with Crippen LogP contribution in [0, 0.1) is 0 Å². The van der Waals surface area contributed by atoms with Crippen LogP contribution in [0.4, 0.5) is 5.88 Å². The molecule has 0 amide bonds. The van der Waals surface area contributed by atoms with Crippen molar-refractivity contribution in [2.24, 2.45) is 0 Å². The molecule has 2 aromatic rings. The lowest BCUT2D eigenvalue weighted by molar-refractivity contribution is 0.0602. The smallest absolute Gasteiger partial charge is 0.345 e. The predicted octanol–water partition coefficient (Wildman–Crippen LogP) is 3.68. The van der Waals surface area contributed by atoms with Crippen molar-refractivity contribution in [3.05, 3.63) is 34.9 Å². The van der Waals surface area contributed by atoms with Gasteiger partial charge in [0.25, 0.3) is 0 Å². The molecule has 0 saturated carbocycles. The van der Waals surface area contributed by atoms with E-state index in [0.29, 0.717) is 34.8 Å². The molecule has 1 aliphatic rings. The van der Waals surface area contributed by atoms with Gasteiger partial charge in [0.2, 0.25) is 5.88 Å². The molecule has 1 aromatic carbocycles. The number of anilines is 1. The number of rotatable bonds is 6. The SMILES string of the molecule is CCN1CCC[C@H]1CNc1onc(-c2ccc(Cl)cc2)c1C(=O)OC. The molecule has 2 heterocycles. The van der Waals surface area contributed by atoms with Crippen LogP contribution in [0.2, 0.25) is 5.02 Å². The number of aromatic nitrogens is 1. The number of ether oxygens (including phenoxy) is 1. The Balaban J connectivity index is 1.84. The lowest BCUT2D eigenvalue weighted by atomic mass is 10.1. The second kappa shape index (κ2) is 7.89. The molecule has 3 rings (SSSR count). The normalized spacial score (nSPS) is 17.6. The molecule has 25 heavy (non-hydrogen) atoms. The number of benzene rings is 1. The highest BCUT2D eigenvalue weighted by molar-refractivity contribution is 6.30. The van der Waals surface area contributed by atoms with Gasteiger partial charge in [-0.15, -0.1) is 0 Å². The molecule has 0 bridgehead atoms. The summed E-state index contributed by atoms with van der Waals surface area (Å²) in [5.74, 6) is -0.132. The van der Waals surface area contributed by atoms with Crippen LogP contribution in [-0.2, 0) is 4.74 Å². The Hall–Kier alpha value is -2.05. The van der Waals surface area contributed by atoms with Crippen molar-refractivity contribution in [3.8, 4) is 11.3 Å². The molecule has 1 aromatic heterocycles. The number of nitrogens with one attached hydrogen (secondary N) is 1. The summed E-state index contributed by atoms with van der Waals surface area (Å²) in [7, 11) is 1.35. The summed E-state index contributed by atoms with van der Waals surface area (Å²) in [6.45, 7) is 4.99. The van der Waals surface area contributed by atoms with Crippen molar-refractivity contribution >= 4 is 23.5 Å². The number of nitrogens with zero attached hydrogens (tertiary/aromatic N) is 2. The molecule has 1 saturated heterocycles. The number of methoxy groups -OCH3 is 1. The van der Waals surface area contributed by atoms with Crippen LogP contribution in [0.15, 0.2) is 28.8 Å². The van der Waals surface area contributed by atoms with Crippen LogP contribution in [0.5, 0.6) is 0 Å². The van der Waals surface area contributed by atoms with E-state index in [1.54, 1.807) is 24.3 Å². The van der Waals surface area contributed by atoms with Crippen molar-refractivity contribution in [2.75, 3.05) is 32.1 Å². The highest BCUT2D eigenvalue weighted by Gasteiger charge is 2.27. The third kappa shape index (κ3) is 3.80. The Morgan fingerprint density at radius 1 is 1.44 bits per heavy atom.